The number of piperidine rings is 1. The largest absolute Gasteiger partial charge is 0.367 e. The van der Waals surface area contributed by atoms with Gasteiger partial charge in [-0.1, -0.05) is 6.92 Å². The minimum atomic E-state index is 0.00278. The first-order chi connectivity index (χ1) is 14.1. The summed E-state index contributed by atoms with van der Waals surface area (Å²) in [5.74, 6) is 3.34. The van der Waals surface area contributed by atoms with Gasteiger partial charge in [0.1, 0.15) is 18.2 Å². The lowest BCUT2D eigenvalue weighted by Gasteiger charge is -2.38. The molecule has 2 saturated heterocycles. The Morgan fingerprint density at radius 2 is 1.90 bits per heavy atom. The van der Waals surface area contributed by atoms with Crippen molar-refractivity contribution in [2.75, 3.05) is 51.2 Å². The number of ether oxygens (including phenoxy) is 1. The summed E-state index contributed by atoms with van der Waals surface area (Å²) < 4.78 is 5.78. The van der Waals surface area contributed by atoms with Gasteiger partial charge in [0.2, 0.25) is 5.91 Å². The molecule has 1 aromatic heterocycles. The third-order valence-corrected chi connectivity index (χ3v) is 6.38. The standard InChI is InChI=1S/C22H35N5O2/c1-3-19-10-21(25-16(2)24-19)23-11-20-14-27(22(28)15-29-20)13-18-6-8-26(9-7-18)12-17-4-5-17/h10,17-18,20H,3-9,11-15H2,1-2H3,(H,23,24,25)/t20-/m0/s1. The molecular formula is C22H35N5O2. The molecule has 160 valence electrons. The van der Waals surface area contributed by atoms with E-state index in [4.69, 9.17) is 4.74 Å². The minimum Gasteiger partial charge on any atom is -0.367 e. The number of carbonyl (C=O) groups is 1. The number of amides is 1. The molecule has 3 aliphatic rings. The second kappa shape index (κ2) is 9.39. The SMILES string of the molecule is CCc1cc(NC[C@H]2CN(CC3CCN(CC4CC4)CC3)C(=O)CO2)nc(C)n1. The Kier molecular flexibility index (Phi) is 6.65. The van der Waals surface area contributed by atoms with Crippen LogP contribution in [0.2, 0.25) is 0 Å². The van der Waals surface area contributed by atoms with Crippen molar-refractivity contribution in [1.82, 2.24) is 19.8 Å². The molecule has 2 aliphatic heterocycles. The number of morpholine rings is 1. The molecule has 0 radical (unpaired) electrons. The van der Waals surface area contributed by atoms with Crippen molar-refractivity contribution < 1.29 is 9.53 Å². The summed E-state index contributed by atoms with van der Waals surface area (Å²) in [5.41, 5.74) is 1.04. The third-order valence-electron chi connectivity index (χ3n) is 6.38. The molecule has 0 aromatic carbocycles. The summed E-state index contributed by atoms with van der Waals surface area (Å²) in [7, 11) is 0. The first-order valence-electron chi connectivity index (χ1n) is 11.3. The fraction of sp³-hybridized carbons (Fsp3) is 0.773. The van der Waals surface area contributed by atoms with Crippen molar-refractivity contribution in [2.45, 2.75) is 52.1 Å². The van der Waals surface area contributed by atoms with E-state index >= 15 is 0 Å². The monoisotopic (exact) mass is 401 g/mol. The second-order valence-electron chi connectivity index (χ2n) is 8.95. The Morgan fingerprint density at radius 1 is 1.14 bits per heavy atom. The molecule has 7 nitrogen and oxygen atoms in total. The van der Waals surface area contributed by atoms with Gasteiger partial charge in [-0.05, 0) is 64.0 Å². The maximum Gasteiger partial charge on any atom is 0.248 e. The number of aromatic nitrogens is 2. The zero-order chi connectivity index (χ0) is 20.2. The lowest BCUT2D eigenvalue weighted by molar-refractivity contribution is -0.149. The summed E-state index contributed by atoms with van der Waals surface area (Å²) in [4.78, 5) is 25.9. The van der Waals surface area contributed by atoms with E-state index in [1.165, 1.54) is 45.3 Å². The van der Waals surface area contributed by atoms with E-state index in [1.54, 1.807) is 0 Å². The Labute approximate surface area is 174 Å². The number of hydrogen-bond donors (Lipinski definition) is 1. The van der Waals surface area contributed by atoms with Gasteiger partial charge >= 0.3 is 0 Å². The molecule has 0 bridgehead atoms. The van der Waals surface area contributed by atoms with Crippen LogP contribution in [0.4, 0.5) is 5.82 Å². The lowest BCUT2D eigenvalue weighted by Crippen LogP contribution is -2.51. The van der Waals surface area contributed by atoms with Crippen LogP contribution >= 0.6 is 0 Å². The quantitative estimate of drug-likeness (QED) is 0.719. The van der Waals surface area contributed by atoms with Crippen molar-refractivity contribution in [2.24, 2.45) is 11.8 Å². The molecule has 4 rings (SSSR count). The number of nitrogens with zero attached hydrogens (tertiary/aromatic N) is 4. The first kappa shape index (κ1) is 20.5. The predicted molar refractivity (Wildman–Crippen MR) is 113 cm³/mol. The summed E-state index contributed by atoms with van der Waals surface area (Å²) in [6.07, 6.45) is 6.15. The highest BCUT2D eigenvalue weighted by atomic mass is 16.5. The van der Waals surface area contributed by atoms with Gasteiger partial charge in [-0.3, -0.25) is 4.79 Å². The normalized spacial score (nSPS) is 24.1. The number of aryl methyl sites for hydroxylation is 2. The molecule has 1 N–H and O–H groups in total. The molecular weight excluding hydrogens is 366 g/mol. The van der Waals surface area contributed by atoms with Crippen LogP contribution in [0.3, 0.4) is 0 Å². The molecule has 29 heavy (non-hydrogen) atoms. The smallest absolute Gasteiger partial charge is 0.248 e. The highest BCUT2D eigenvalue weighted by molar-refractivity contribution is 5.78. The van der Waals surface area contributed by atoms with Crippen LogP contribution in [0.25, 0.3) is 0 Å². The van der Waals surface area contributed by atoms with Gasteiger partial charge < -0.3 is 19.9 Å². The fourth-order valence-electron chi connectivity index (χ4n) is 4.43. The average molecular weight is 402 g/mol. The van der Waals surface area contributed by atoms with E-state index in [-0.39, 0.29) is 18.6 Å². The minimum absolute atomic E-state index is 0.00278. The molecule has 1 aliphatic carbocycles. The molecule has 0 unspecified atom stereocenters. The maximum absolute atomic E-state index is 12.4. The first-order valence-corrected chi connectivity index (χ1v) is 11.3. The predicted octanol–water partition coefficient (Wildman–Crippen LogP) is 2.11. The number of carbonyl (C=O) groups excluding carboxylic acids is 1. The molecule has 1 amide bonds. The number of likely N-dealkylation sites (tertiary alicyclic amines) is 1. The number of anilines is 1. The van der Waals surface area contributed by atoms with E-state index in [9.17, 15) is 4.79 Å². The van der Waals surface area contributed by atoms with Gasteiger partial charge in [-0.25, -0.2) is 9.97 Å². The van der Waals surface area contributed by atoms with E-state index in [0.29, 0.717) is 19.0 Å². The Hall–Kier alpha value is -1.73. The molecule has 1 saturated carbocycles. The van der Waals surface area contributed by atoms with Crippen molar-refractivity contribution >= 4 is 11.7 Å². The number of nitrogens with one attached hydrogen (secondary N) is 1. The van der Waals surface area contributed by atoms with Crippen molar-refractivity contribution in [1.29, 1.82) is 0 Å². The van der Waals surface area contributed by atoms with E-state index in [2.05, 4.69) is 27.1 Å². The summed E-state index contributed by atoms with van der Waals surface area (Å²) >= 11 is 0. The molecule has 1 aromatic rings. The molecule has 7 heteroatoms. The van der Waals surface area contributed by atoms with Crippen LogP contribution in [-0.2, 0) is 16.0 Å². The third kappa shape index (κ3) is 5.89. The summed E-state index contributed by atoms with van der Waals surface area (Å²) in [5, 5.41) is 3.38. The summed E-state index contributed by atoms with van der Waals surface area (Å²) in [6, 6.07) is 1.99. The van der Waals surface area contributed by atoms with Crippen LogP contribution in [0.5, 0.6) is 0 Å². The van der Waals surface area contributed by atoms with Crippen LogP contribution in [0.1, 0.15) is 44.1 Å². The van der Waals surface area contributed by atoms with Gasteiger partial charge in [0.05, 0.1) is 6.10 Å². The zero-order valence-corrected chi connectivity index (χ0v) is 17.9. The van der Waals surface area contributed by atoms with E-state index < -0.39 is 0 Å². The van der Waals surface area contributed by atoms with E-state index in [1.807, 2.05) is 17.9 Å². The second-order valence-corrected chi connectivity index (χ2v) is 8.95. The van der Waals surface area contributed by atoms with Gasteiger partial charge in [0.25, 0.3) is 0 Å². The van der Waals surface area contributed by atoms with Gasteiger partial charge in [0, 0.05) is 37.9 Å². The Morgan fingerprint density at radius 3 is 2.62 bits per heavy atom. The summed E-state index contributed by atoms with van der Waals surface area (Å²) in [6.45, 7) is 10.1. The van der Waals surface area contributed by atoms with E-state index in [0.717, 1.165) is 36.2 Å². The zero-order valence-electron chi connectivity index (χ0n) is 17.9. The van der Waals surface area contributed by atoms with Crippen LogP contribution in [0, 0.1) is 18.8 Å². The van der Waals surface area contributed by atoms with Crippen LogP contribution in [-0.4, -0.2) is 77.7 Å². The lowest BCUT2D eigenvalue weighted by atomic mass is 9.95. The van der Waals surface area contributed by atoms with Crippen molar-refractivity contribution in [3.05, 3.63) is 17.6 Å². The average Bonchev–Trinajstić information content (AvgIpc) is 3.53. The molecule has 3 fully saturated rings. The molecule has 0 spiro atoms. The van der Waals surface area contributed by atoms with Crippen LogP contribution in [0.15, 0.2) is 6.07 Å². The van der Waals surface area contributed by atoms with Gasteiger partial charge in [-0.2, -0.15) is 0 Å². The Balaban J connectivity index is 1.24. The fourth-order valence-corrected chi connectivity index (χ4v) is 4.43. The van der Waals surface area contributed by atoms with Crippen molar-refractivity contribution in [3.63, 3.8) is 0 Å². The number of rotatable bonds is 8. The van der Waals surface area contributed by atoms with Gasteiger partial charge in [0.15, 0.2) is 0 Å². The van der Waals surface area contributed by atoms with Crippen LogP contribution < -0.4 is 5.32 Å². The van der Waals surface area contributed by atoms with Crippen molar-refractivity contribution in [3.8, 4) is 0 Å². The Bertz CT molecular complexity index is 700. The molecule has 3 heterocycles. The maximum atomic E-state index is 12.4. The highest BCUT2D eigenvalue weighted by Gasteiger charge is 2.31. The number of hydrogen-bond acceptors (Lipinski definition) is 6. The highest BCUT2D eigenvalue weighted by Crippen LogP contribution is 2.31. The molecule has 1 atom stereocenters. The topological polar surface area (TPSA) is 70.6 Å². The van der Waals surface area contributed by atoms with Gasteiger partial charge in [-0.15, -0.1) is 0 Å².